The first-order chi connectivity index (χ1) is 5.83. The van der Waals surface area contributed by atoms with Crippen LogP contribution >= 0.6 is 11.3 Å². The van der Waals surface area contributed by atoms with Gasteiger partial charge in [0.2, 0.25) is 0 Å². The fourth-order valence-corrected chi connectivity index (χ4v) is 2.06. The minimum atomic E-state index is 0.733. The average molecular weight is 176 g/mol. The molecule has 2 aromatic heterocycles. The third-order valence-electron chi connectivity index (χ3n) is 1.74. The largest absolute Gasteiger partial charge is 0.397 e. The van der Waals surface area contributed by atoms with Crippen molar-refractivity contribution in [3.8, 4) is 0 Å². The summed E-state index contributed by atoms with van der Waals surface area (Å²) in [6.07, 6.45) is 3.42. The molecule has 0 unspecified atom stereocenters. The summed E-state index contributed by atoms with van der Waals surface area (Å²) in [4.78, 5) is 4.16. The number of nitrogens with zero attached hydrogens (tertiary/aromatic N) is 1. The van der Waals surface area contributed by atoms with Crippen molar-refractivity contribution in [1.82, 2.24) is 4.98 Å². The Labute approximate surface area is 74.4 Å². The number of fused-ring (bicyclic) bond motifs is 1. The van der Waals surface area contributed by atoms with Gasteiger partial charge in [0.05, 0.1) is 22.3 Å². The van der Waals surface area contributed by atoms with E-state index in [2.05, 4.69) is 11.6 Å². The zero-order valence-corrected chi connectivity index (χ0v) is 7.27. The van der Waals surface area contributed by atoms with Crippen molar-refractivity contribution >= 4 is 33.2 Å². The lowest BCUT2D eigenvalue weighted by molar-refractivity contribution is 1.34. The highest BCUT2D eigenvalue weighted by Gasteiger charge is 2.03. The summed E-state index contributed by atoms with van der Waals surface area (Å²) in [7, 11) is 0. The normalized spacial score (nSPS) is 10.3. The SMILES string of the molecule is C=Cc1ncc(N)c2ccsc12. The molecule has 0 aliphatic heterocycles. The second kappa shape index (κ2) is 2.60. The molecule has 2 N–H and O–H groups in total. The molecule has 0 bridgehead atoms. The number of nitrogens with two attached hydrogens (primary N) is 1. The number of hydrogen-bond donors (Lipinski definition) is 1. The Hall–Kier alpha value is -1.35. The molecule has 3 heteroatoms. The Morgan fingerprint density at radius 3 is 3.17 bits per heavy atom. The molecule has 0 saturated heterocycles. The Balaban J connectivity index is 2.91. The molecule has 2 aromatic rings. The summed E-state index contributed by atoms with van der Waals surface area (Å²) >= 11 is 1.64. The van der Waals surface area contributed by atoms with E-state index in [1.807, 2.05) is 11.4 Å². The predicted molar refractivity (Wildman–Crippen MR) is 54.1 cm³/mol. The molecule has 0 aliphatic rings. The molecule has 0 spiro atoms. The van der Waals surface area contributed by atoms with Crippen LogP contribution in [0.3, 0.4) is 0 Å². The summed E-state index contributed by atoms with van der Waals surface area (Å²) < 4.78 is 1.12. The van der Waals surface area contributed by atoms with Crippen LogP contribution in [0.4, 0.5) is 5.69 Å². The molecular formula is C9H8N2S. The first kappa shape index (κ1) is 7.31. The molecule has 2 heterocycles. The van der Waals surface area contributed by atoms with E-state index in [4.69, 9.17) is 5.73 Å². The van der Waals surface area contributed by atoms with Crippen molar-refractivity contribution in [2.75, 3.05) is 5.73 Å². The highest BCUT2D eigenvalue weighted by atomic mass is 32.1. The molecule has 0 radical (unpaired) electrons. The minimum Gasteiger partial charge on any atom is -0.397 e. The van der Waals surface area contributed by atoms with Crippen molar-refractivity contribution in [3.05, 3.63) is 29.9 Å². The van der Waals surface area contributed by atoms with Gasteiger partial charge in [-0.15, -0.1) is 11.3 Å². The van der Waals surface area contributed by atoms with E-state index in [0.717, 1.165) is 21.5 Å². The van der Waals surface area contributed by atoms with E-state index < -0.39 is 0 Å². The summed E-state index contributed by atoms with van der Waals surface area (Å²) in [5, 5.41) is 3.08. The minimum absolute atomic E-state index is 0.733. The number of aromatic nitrogens is 1. The van der Waals surface area contributed by atoms with Gasteiger partial charge in [0.25, 0.3) is 0 Å². The lowest BCUT2D eigenvalue weighted by Gasteiger charge is -1.97. The Morgan fingerprint density at radius 2 is 2.42 bits per heavy atom. The van der Waals surface area contributed by atoms with Gasteiger partial charge < -0.3 is 5.73 Å². The molecule has 0 saturated carbocycles. The molecule has 0 atom stereocenters. The maximum absolute atomic E-state index is 5.73. The summed E-state index contributed by atoms with van der Waals surface area (Å²) in [5.41, 5.74) is 7.38. The van der Waals surface area contributed by atoms with E-state index in [-0.39, 0.29) is 0 Å². The predicted octanol–water partition coefficient (Wildman–Crippen LogP) is 2.52. The van der Waals surface area contributed by atoms with E-state index >= 15 is 0 Å². The van der Waals surface area contributed by atoms with Crippen LogP contribution in [0.2, 0.25) is 0 Å². The number of anilines is 1. The van der Waals surface area contributed by atoms with Gasteiger partial charge in [-0.2, -0.15) is 0 Å². The second-order valence-corrected chi connectivity index (χ2v) is 3.38. The van der Waals surface area contributed by atoms with Crippen LogP contribution in [-0.2, 0) is 0 Å². The smallest absolute Gasteiger partial charge is 0.0803 e. The van der Waals surface area contributed by atoms with Gasteiger partial charge in [-0.1, -0.05) is 6.58 Å². The van der Waals surface area contributed by atoms with Crippen LogP contribution in [0.25, 0.3) is 16.2 Å². The zero-order chi connectivity index (χ0) is 8.55. The maximum Gasteiger partial charge on any atom is 0.0803 e. The lowest BCUT2D eigenvalue weighted by atomic mass is 10.2. The molecule has 0 aromatic carbocycles. The van der Waals surface area contributed by atoms with Gasteiger partial charge >= 0.3 is 0 Å². The van der Waals surface area contributed by atoms with Crippen LogP contribution in [-0.4, -0.2) is 4.98 Å². The standard InChI is InChI=1S/C9H8N2S/c1-2-8-9-6(3-4-12-9)7(10)5-11-8/h2-5H,1,10H2. The summed E-state index contributed by atoms with van der Waals surface area (Å²) in [5.74, 6) is 0. The zero-order valence-electron chi connectivity index (χ0n) is 6.45. The fraction of sp³-hybridized carbons (Fsp3) is 0. The van der Waals surface area contributed by atoms with Gasteiger partial charge in [-0.05, 0) is 17.5 Å². The third kappa shape index (κ3) is 0.905. The molecule has 0 aliphatic carbocycles. The van der Waals surface area contributed by atoms with Crippen molar-refractivity contribution in [2.24, 2.45) is 0 Å². The van der Waals surface area contributed by atoms with Crippen LogP contribution in [0.5, 0.6) is 0 Å². The molecule has 0 fully saturated rings. The molecule has 2 rings (SSSR count). The molecular weight excluding hydrogens is 168 g/mol. The fourth-order valence-electron chi connectivity index (χ4n) is 1.15. The Morgan fingerprint density at radius 1 is 1.58 bits per heavy atom. The van der Waals surface area contributed by atoms with E-state index in [1.54, 1.807) is 23.6 Å². The van der Waals surface area contributed by atoms with Gasteiger partial charge in [-0.3, -0.25) is 4.98 Å². The number of rotatable bonds is 1. The number of pyridine rings is 1. The average Bonchev–Trinajstić information content (AvgIpc) is 2.54. The van der Waals surface area contributed by atoms with Crippen LogP contribution in [0.15, 0.2) is 24.2 Å². The van der Waals surface area contributed by atoms with Crippen LogP contribution < -0.4 is 5.73 Å². The van der Waals surface area contributed by atoms with Crippen molar-refractivity contribution in [1.29, 1.82) is 0 Å². The first-order valence-corrected chi connectivity index (χ1v) is 4.45. The van der Waals surface area contributed by atoms with E-state index in [9.17, 15) is 0 Å². The number of hydrogen-bond acceptors (Lipinski definition) is 3. The van der Waals surface area contributed by atoms with Gasteiger partial charge in [0.1, 0.15) is 0 Å². The monoisotopic (exact) mass is 176 g/mol. The Bertz CT molecular complexity index is 431. The highest BCUT2D eigenvalue weighted by molar-refractivity contribution is 7.17. The van der Waals surface area contributed by atoms with E-state index in [0.29, 0.717) is 0 Å². The van der Waals surface area contributed by atoms with Crippen molar-refractivity contribution in [2.45, 2.75) is 0 Å². The number of thiophene rings is 1. The first-order valence-electron chi connectivity index (χ1n) is 3.57. The van der Waals surface area contributed by atoms with Crippen molar-refractivity contribution in [3.63, 3.8) is 0 Å². The summed E-state index contributed by atoms with van der Waals surface area (Å²) in [6, 6.07) is 2.00. The topological polar surface area (TPSA) is 38.9 Å². The quantitative estimate of drug-likeness (QED) is 0.725. The van der Waals surface area contributed by atoms with Crippen LogP contribution in [0.1, 0.15) is 5.69 Å². The highest BCUT2D eigenvalue weighted by Crippen LogP contribution is 2.28. The molecule has 0 amide bonds. The lowest BCUT2D eigenvalue weighted by Crippen LogP contribution is -1.88. The second-order valence-electron chi connectivity index (χ2n) is 2.47. The Kier molecular flexibility index (Phi) is 1.59. The molecule has 2 nitrogen and oxygen atoms in total. The maximum atomic E-state index is 5.73. The van der Waals surface area contributed by atoms with Crippen molar-refractivity contribution < 1.29 is 0 Å². The third-order valence-corrected chi connectivity index (χ3v) is 2.68. The summed E-state index contributed by atoms with van der Waals surface area (Å²) in [6.45, 7) is 3.69. The van der Waals surface area contributed by atoms with E-state index in [1.165, 1.54) is 0 Å². The van der Waals surface area contributed by atoms with Crippen LogP contribution in [0, 0.1) is 0 Å². The van der Waals surface area contributed by atoms with Gasteiger partial charge in [0, 0.05) is 5.39 Å². The van der Waals surface area contributed by atoms with Gasteiger partial charge in [-0.25, -0.2) is 0 Å². The van der Waals surface area contributed by atoms with Gasteiger partial charge in [0.15, 0.2) is 0 Å². The number of nitrogen functional groups attached to an aromatic ring is 1. The molecule has 60 valence electrons. The molecule has 12 heavy (non-hydrogen) atoms.